The number of ether oxygens (including phenoxy) is 3. The number of fused-ring (bicyclic) bond motifs is 2. The fourth-order valence-corrected chi connectivity index (χ4v) is 10.3. The minimum atomic E-state index is -2.54. The van der Waals surface area contributed by atoms with Crippen LogP contribution in [-0.2, 0) is 28.6 Å². The summed E-state index contributed by atoms with van der Waals surface area (Å²) < 4.78 is 17.5. The van der Waals surface area contributed by atoms with Crippen LogP contribution in [0.25, 0.3) is 0 Å². The number of nitrogens with zero attached hydrogens (tertiary/aromatic N) is 1. The summed E-state index contributed by atoms with van der Waals surface area (Å²) in [6, 6.07) is 0. The van der Waals surface area contributed by atoms with E-state index >= 15 is 0 Å². The van der Waals surface area contributed by atoms with Gasteiger partial charge in [-0.25, -0.2) is 0 Å². The first kappa shape index (κ1) is 72.3. The largest absolute Gasteiger partial charge is 0.481 e. The number of unbranched alkanes of at least 4 members (excludes halogenated alkanes) is 2. The van der Waals surface area contributed by atoms with Crippen LogP contribution in [0.3, 0.4) is 0 Å². The molecule has 1 fully saturated rings. The zero-order valence-electron chi connectivity index (χ0n) is 48.9. The number of hydrogen-bond acceptors (Lipinski definition) is 18. The lowest BCUT2D eigenvalue weighted by atomic mass is 9.83. The number of hydrogen-bond donors (Lipinski definition) is 14. The van der Waals surface area contributed by atoms with Crippen molar-refractivity contribution in [2.45, 2.75) is 237 Å². The average Bonchev–Trinajstić information content (AvgIpc) is 3.38. The van der Waals surface area contributed by atoms with Crippen molar-refractivity contribution in [3.63, 3.8) is 0 Å². The molecule has 0 spiro atoms. The summed E-state index contributed by atoms with van der Waals surface area (Å²) >= 11 is 0. The number of guanidine groups is 1. The third-order valence-electron chi connectivity index (χ3n) is 16.2. The third kappa shape index (κ3) is 26.2. The van der Waals surface area contributed by atoms with Crippen molar-refractivity contribution in [3.8, 4) is 0 Å². The van der Waals surface area contributed by atoms with Gasteiger partial charge in [-0.15, -0.1) is 0 Å². The van der Waals surface area contributed by atoms with Gasteiger partial charge >= 0.3 is 17.9 Å². The van der Waals surface area contributed by atoms with Crippen LogP contribution < -0.4 is 11.1 Å². The van der Waals surface area contributed by atoms with E-state index in [0.29, 0.717) is 5.96 Å². The number of rotatable bonds is 14. The van der Waals surface area contributed by atoms with E-state index in [4.69, 9.17) is 19.9 Å². The minimum absolute atomic E-state index is 0.0716. The average molecular weight is 1140 g/mol. The van der Waals surface area contributed by atoms with E-state index in [0.717, 1.165) is 45.1 Å². The van der Waals surface area contributed by atoms with Gasteiger partial charge in [-0.3, -0.25) is 19.4 Å². The third-order valence-corrected chi connectivity index (χ3v) is 16.2. The number of esters is 2. The quantitative estimate of drug-likeness (QED) is 0.0296. The Morgan fingerprint density at radius 3 is 2.05 bits per heavy atom. The molecule has 0 aromatic rings. The van der Waals surface area contributed by atoms with Crippen molar-refractivity contribution in [3.05, 3.63) is 48.6 Å². The molecular weight excluding hydrogens is 1040 g/mol. The number of nitrogens with one attached hydrogen (secondary N) is 1. The number of cyclic esters (lactones) is 1. The van der Waals surface area contributed by atoms with Gasteiger partial charge in [0.15, 0.2) is 11.7 Å². The number of carbonyl (C=O) groups is 3. The topological polar surface area (TPSA) is 372 Å². The molecule has 15 N–H and O–H groups in total. The number of allylic oxidation sites excluding steroid dienone is 4. The van der Waals surface area contributed by atoms with Gasteiger partial charge in [-0.2, -0.15) is 0 Å². The molecule has 0 radical (unpaired) electrons. The maximum Gasteiger partial charge on any atom is 0.317 e. The Bertz CT molecular complexity index is 1960. The van der Waals surface area contributed by atoms with Crippen molar-refractivity contribution < 1.29 is 89.9 Å². The number of carboxylic acid groups (broad SMARTS) is 1. The number of aliphatic hydroxyl groups is 11. The second kappa shape index (κ2) is 36.7. The molecule has 2 heterocycles. The SMILES string of the molecule is CN=C(N)NCCC/C=C/CCC[C@H](C)C[C@@H](C)C1OC(=O)C(C)C(O)/C=C/C(C)C(O)CC(O)C(C)C(O)CCC(C)C(O)CC2(O)OC(CC(OC(=O)CC(=O)O)CC(O)CC(O)C(C)C(O)/C=C/C=C/C1C)CC(O)C2O. The fraction of sp³-hybridized carbons (Fsp3) is 0.797. The number of aliphatic imine (C=N–C) groups is 1. The molecule has 0 aromatic heterocycles. The first-order chi connectivity index (χ1) is 37.5. The van der Waals surface area contributed by atoms with Gasteiger partial charge in [0.1, 0.15) is 24.7 Å². The number of carboxylic acids is 1. The number of aliphatic carboxylic acids is 1. The highest BCUT2D eigenvalue weighted by atomic mass is 16.7. The Balaban J connectivity index is 2.43. The second-order valence-electron chi connectivity index (χ2n) is 23.4. The Kier molecular flexibility index (Phi) is 33.1. The van der Waals surface area contributed by atoms with Crippen LogP contribution in [-0.4, -0.2) is 184 Å². The molecule has 2 bridgehead atoms. The van der Waals surface area contributed by atoms with Gasteiger partial charge in [0.05, 0.1) is 67.0 Å². The Labute approximate surface area is 474 Å². The zero-order chi connectivity index (χ0) is 60.4. The van der Waals surface area contributed by atoms with Crippen LogP contribution in [0.5, 0.6) is 0 Å². The minimum Gasteiger partial charge on any atom is -0.481 e. The van der Waals surface area contributed by atoms with E-state index < -0.39 is 145 Å². The lowest BCUT2D eigenvalue weighted by Crippen LogP contribution is -2.60. The van der Waals surface area contributed by atoms with Gasteiger partial charge in [-0.05, 0) is 76.0 Å². The van der Waals surface area contributed by atoms with Gasteiger partial charge in [0.25, 0.3) is 0 Å². The molecule has 80 heavy (non-hydrogen) atoms. The normalized spacial score (nSPS) is 38.9. The van der Waals surface area contributed by atoms with Crippen molar-refractivity contribution in [2.75, 3.05) is 13.6 Å². The summed E-state index contributed by atoms with van der Waals surface area (Å²) in [4.78, 5) is 41.7. The molecule has 2 aliphatic rings. The molecule has 0 aliphatic carbocycles. The number of aliphatic hydroxyl groups excluding tert-OH is 10. The highest BCUT2D eigenvalue weighted by molar-refractivity contribution is 5.90. The Morgan fingerprint density at radius 2 is 1.40 bits per heavy atom. The van der Waals surface area contributed by atoms with Crippen LogP contribution in [0, 0.1) is 47.3 Å². The molecule has 462 valence electrons. The molecule has 2 aliphatic heterocycles. The Morgan fingerprint density at radius 1 is 0.762 bits per heavy atom. The van der Waals surface area contributed by atoms with E-state index in [1.165, 1.54) is 12.2 Å². The molecule has 0 aromatic carbocycles. The zero-order valence-corrected chi connectivity index (χ0v) is 48.9. The van der Waals surface area contributed by atoms with E-state index in [2.05, 4.69) is 29.4 Å². The second-order valence-corrected chi connectivity index (χ2v) is 23.4. The van der Waals surface area contributed by atoms with E-state index in [1.807, 2.05) is 19.9 Å². The van der Waals surface area contributed by atoms with E-state index in [1.54, 1.807) is 59.9 Å². The lowest BCUT2D eigenvalue weighted by Gasteiger charge is -2.45. The molecular formula is C59H103N3O18. The fourth-order valence-electron chi connectivity index (χ4n) is 10.3. The van der Waals surface area contributed by atoms with Gasteiger partial charge in [0.2, 0.25) is 0 Å². The van der Waals surface area contributed by atoms with Crippen molar-refractivity contribution in [2.24, 2.45) is 58.1 Å². The smallest absolute Gasteiger partial charge is 0.317 e. The molecule has 22 atom stereocenters. The summed E-state index contributed by atoms with van der Waals surface area (Å²) in [5.74, 6) is -9.43. The monoisotopic (exact) mass is 1140 g/mol. The molecule has 21 heteroatoms. The van der Waals surface area contributed by atoms with Crippen LogP contribution in [0.15, 0.2) is 53.6 Å². The molecule has 21 nitrogen and oxygen atoms in total. The van der Waals surface area contributed by atoms with Crippen LogP contribution >= 0.6 is 0 Å². The predicted octanol–water partition coefficient (Wildman–Crippen LogP) is 3.30. The Hall–Kier alpha value is -3.84. The standard InChI is InChI=1S/C59H103N3O18/c1-34(18-14-12-10-11-13-17-25-62-58(60)61-9)26-38(5)55-37(4)19-15-16-20-45(64)39(6)49(68)28-42(63)27-43(78-54(74)32-53(72)73)29-44-30-51(70)56(75)59(77,80-44)33-52(71)36(3)22-23-46(65)40(7)50(69)31-48(67)35(2)21-24-47(66)41(8)57(76)79-55/h10-11,15-16,19-21,24,34-52,55-56,63-71,75,77H,12-14,17-18,22-23,25-33H2,1-9H3,(H,72,73)(H3,60,61,62)/b11-10+,19-15+,20-16+,24-21+/t34-,35?,36?,37?,38+,39?,40?,41?,42?,43?,44?,45?,46?,47?,48?,49?,50?,51?,52?,55?,56?,59?/m0/s1. The number of carbonyl (C=O) groups excluding carboxylic acids is 2. The van der Waals surface area contributed by atoms with Gasteiger partial charge < -0.3 is 86.5 Å². The summed E-state index contributed by atoms with van der Waals surface area (Å²) in [6.07, 6.45) is -0.165. The summed E-state index contributed by atoms with van der Waals surface area (Å²) in [6.45, 7) is 14.8. The van der Waals surface area contributed by atoms with E-state index in [-0.39, 0.29) is 62.7 Å². The van der Waals surface area contributed by atoms with Crippen LogP contribution in [0.2, 0.25) is 0 Å². The van der Waals surface area contributed by atoms with Crippen LogP contribution in [0.1, 0.15) is 152 Å². The first-order valence-electron chi connectivity index (χ1n) is 29.0. The maximum atomic E-state index is 13.8. The van der Waals surface area contributed by atoms with Crippen molar-refractivity contribution in [1.82, 2.24) is 5.32 Å². The predicted molar refractivity (Wildman–Crippen MR) is 302 cm³/mol. The van der Waals surface area contributed by atoms with Gasteiger partial charge in [0, 0.05) is 69.4 Å². The summed E-state index contributed by atoms with van der Waals surface area (Å²) in [5, 5.41) is 135. The first-order valence-corrected chi connectivity index (χ1v) is 29.0. The molecule has 2 rings (SSSR count). The van der Waals surface area contributed by atoms with Crippen molar-refractivity contribution >= 4 is 23.9 Å². The van der Waals surface area contributed by atoms with Crippen molar-refractivity contribution in [1.29, 1.82) is 0 Å². The number of nitrogens with two attached hydrogens (primary N) is 1. The molecule has 0 amide bonds. The summed E-state index contributed by atoms with van der Waals surface area (Å²) in [7, 11) is 1.63. The molecule has 20 unspecified atom stereocenters. The highest BCUT2D eigenvalue weighted by Gasteiger charge is 2.50. The highest BCUT2D eigenvalue weighted by Crippen LogP contribution is 2.36. The maximum absolute atomic E-state index is 13.8. The molecule has 0 saturated carbocycles. The lowest BCUT2D eigenvalue weighted by molar-refractivity contribution is -0.333. The molecule has 1 saturated heterocycles. The summed E-state index contributed by atoms with van der Waals surface area (Å²) in [5.41, 5.74) is 5.68. The van der Waals surface area contributed by atoms with Crippen LogP contribution in [0.4, 0.5) is 0 Å². The van der Waals surface area contributed by atoms with Gasteiger partial charge in [-0.1, -0.05) is 103 Å². The van der Waals surface area contributed by atoms with E-state index in [9.17, 15) is 75.7 Å².